The first-order valence-corrected chi connectivity index (χ1v) is 9.42. The van der Waals surface area contributed by atoms with Gasteiger partial charge in [0.2, 0.25) is 5.91 Å². The van der Waals surface area contributed by atoms with Gasteiger partial charge in [-0.05, 0) is 48.5 Å². The van der Waals surface area contributed by atoms with Crippen LogP contribution in [0.2, 0.25) is 5.02 Å². The molecule has 3 N–H and O–H groups in total. The summed E-state index contributed by atoms with van der Waals surface area (Å²) in [5.74, 6) is 0.933. The van der Waals surface area contributed by atoms with Crippen molar-refractivity contribution in [2.75, 3.05) is 50.1 Å². The summed E-state index contributed by atoms with van der Waals surface area (Å²) in [5, 5.41) is 3.69. The zero-order chi connectivity index (χ0) is 19.9. The summed E-state index contributed by atoms with van der Waals surface area (Å²) in [6.07, 6.45) is 0. The van der Waals surface area contributed by atoms with E-state index in [4.69, 9.17) is 22.1 Å². The van der Waals surface area contributed by atoms with Crippen LogP contribution in [-0.2, 0) is 4.79 Å². The number of hydrogen-bond donors (Lipinski definition) is 2. The summed E-state index contributed by atoms with van der Waals surface area (Å²) in [7, 11) is 1.61. The lowest BCUT2D eigenvalue weighted by Crippen LogP contribution is -2.49. The van der Waals surface area contributed by atoms with Gasteiger partial charge in [-0.25, -0.2) is 4.99 Å². The van der Waals surface area contributed by atoms with E-state index in [0.717, 1.165) is 35.2 Å². The topological polar surface area (TPSA) is 83.2 Å². The molecule has 0 radical (unpaired) electrons. The van der Waals surface area contributed by atoms with E-state index < -0.39 is 0 Å². The van der Waals surface area contributed by atoms with E-state index in [-0.39, 0.29) is 42.4 Å². The van der Waals surface area contributed by atoms with E-state index in [1.54, 1.807) is 7.11 Å². The Labute approximate surface area is 192 Å². The smallest absolute Gasteiger partial charge is 0.244 e. The first kappa shape index (κ1) is 23.1. The number of methoxy groups -OCH3 is 1. The van der Waals surface area contributed by atoms with Gasteiger partial charge >= 0.3 is 0 Å². The van der Waals surface area contributed by atoms with Crippen LogP contribution in [0.1, 0.15) is 0 Å². The summed E-state index contributed by atoms with van der Waals surface area (Å²) in [5.41, 5.74) is 7.78. The first-order chi connectivity index (χ1) is 13.5. The van der Waals surface area contributed by atoms with Crippen LogP contribution < -0.4 is 20.7 Å². The minimum absolute atomic E-state index is 0. The van der Waals surface area contributed by atoms with Crippen LogP contribution >= 0.6 is 35.6 Å². The van der Waals surface area contributed by atoms with Gasteiger partial charge in [0, 0.05) is 42.6 Å². The molecule has 0 unspecified atom stereocenters. The second-order valence-corrected chi connectivity index (χ2v) is 6.84. The van der Waals surface area contributed by atoms with Crippen molar-refractivity contribution in [3.8, 4) is 5.75 Å². The van der Waals surface area contributed by atoms with Gasteiger partial charge in [-0.15, -0.1) is 24.0 Å². The number of nitrogens with one attached hydrogen (secondary N) is 1. The standard InChI is InChI=1S/C20H24ClN5O2.HI/c1-28-18-8-4-16(5-9-18)24-20(22)23-14-19(27)26-12-10-25(11-13-26)17-6-2-15(21)3-7-17;/h2-9H,10-14H2,1H3,(H3,22,23,24);1H. The molecule has 1 aliphatic rings. The van der Waals surface area contributed by atoms with Crippen molar-refractivity contribution < 1.29 is 9.53 Å². The van der Waals surface area contributed by atoms with Crippen molar-refractivity contribution in [2.24, 2.45) is 10.7 Å². The molecule has 0 spiro atoms. The summed E-state index contributed by atoms with van der Waals surface area (Å²) in [6.45, 7) is 2.88. The maximum Gasteiger partial charge on any atom is 0.244 e. The number of benzene rings is 2. The molecule has 0 bridgehead atoms. The van der Waals surface area contributed by atoms with E-state index in [1.807, 2.05) is 53.4 Å². The largest absolute Gasteiger partial charge is 0.497 e. The first-order valence-electron chi connectivity index (χ1n) is 9.04. The molecule has 1 fully saturated rings. The average Bonchev–Trinajstić information content (AvgIpc) is 2.73. The number of carbonyl (C=O) groups excluding carboxylic acids is 1. The Hall–Kier alpha value is -2.20. The number of nitrogens with zero attached hydrogens (tertiary/aromatic N) is 3. The molecule has 1 heterocycles. The molecule has 1 aliphatic heterocycles. The van der Waals surface area contributed by atoms with Crippen molar-refractivity contribution in [1.29, 1.82) is 0 Å². The van der Waals surface area contributed by atoms with E-state index >= 15 is 0 Å². The Balaban J connectivity index is 0.00000300. The van der Waals surface area contributed by atoms with Gasteiger partial charge in [-0.3, -0.25) is 4.79 Å². The fraction of sp³-hybridized carbons (Fsp3) is 0.300. The number of ether oxygens (including phenoxy) is 1. The number of rotatable bonds is 5. The number of anilines is 2. The quantitative estimate of drug-likeness (QED) is 0.353. The molecule has 29 heavy (non-hydrogen) atoms. The van der Waals surface area contributed by atoms with Crippen LogP contribution in [0.15, 0.2) is 53.5 Å². The predicted octanol–water partition coefficient (Wildman–Crippen LogP) is 3.04. The highest BCUT2D eigenvalue weighted by molar-refractivity contribution is 14.0. The average molecular weight is 530 g/mol. The molecule has 0 atom stereocenters. The molecule has 2 aromatic rings. The molecule has 2 aromatic carbocycles. The lowest BCUT2D eigenvalue weighted by molar-refractivity contribution is -0.129. The molecule has 0 aliphatic carbocycles. The lowest BCUT2D eigenvalue weighted by atomic mass is 10.2. The zero-order valence-corrected chi connectivity index (χ0v) is 19.3. The van der Waals surface area contributed by atoms with Crippen LogP contribution in [0, 0.1) is 0 Å². The minimum Gasteiger partial charge on any atom is -0.497 e. The monoisotopic (exact) mass is 529 g/mol. The number of piperazine rings is 1. The van der Waals surface area contributed by atoms with Crippen molar-refractivity contribution in [2.45, 2.75) is 0 Å². The maximum absolute atomic E-state index is 12.4. The summed E-state index contributed by atoms with van der Waals surface area (Å²) < 4.78 is 5.11. The summed E-state index contributed by atoms with van der Waals surface area (Å²) >= 11 is 5.94. The van der Waals surface area contributed by atoms with Crippen LogP contribution in [0.5, 0.6) is 5.75 Å². The van der Waals surface area contributed by atoms with E-state index in [0.29, 0.717) is 13.1 Å². The van der Waals surface area contributed by atoms with Crippen molar-refractivity contribution in [1.82, 2.24) is 4.90 Å². The van der Waals surface area contributed by atoms with Gasteiger partial charge < -0.3 is 25.6 Å². The highest BCUT2D eigenvalue weighted by Crippen LogP contribution is 2.19. The van der Waals surface area contributed by atoms with Gasteiger partial charge in [-0.2, -0.15) is 0 Å². The van der Waals surface area contributed by atoms with Gasteiger partial charge in [0.25, 0.3) is 0 Å². The van der Waals surface area contributed by atoms with E-state index in [2.05, 4.69) is 15.2 Å². The van der Waals surface area contributed by atoms with Gasteiger partial charge in [0.05, 0.1) is 7.11 Å². The Bertz CT molecular complexity index is 822. The maximum atomic E-state index is 12.4. The number of amides is 1. The highest BCUT2D eigenvalue weighted by Gasteiger charge is 2.21. The molecule has 3 rings (SSSR count). The van der Waals surface area contributed by atoms with Crippen molar-refractivity contribution >= 4 is 58.8 Å². The zero-order valence-electron chi connectivity index (χ0n) is 16.2. The molecule has 0 aromatic heterocycles. The second kappa shape index (κ2) is 11.1. The van der Waals surface area contributed by atoms with E-state index in [1.165, 1.54) is 0 Å². The molecule has 1 saturated heterocycles. The van der Waals surface area contributed by atoms with Crippen LogP contribution in [-0.4, -0.2) is 56.6 Å². The summed E-state index contributed by atoms with van der Waals surface area (Å²) in [4.78, 5) is 20.6. The number of aliphatic imine (C=N–C) groups is 1. The van der Waals surface area contributed by atoms with Crippen LogP contribution in [0.25, 0.3) is 0 Å². The molecular weight excluding hydrogens is 505 g/mol. The van der Waals surface area contributed by atoms with Gasteiger partial charge in [-0.1, -0.05) is 11.6 Å². The van der Waals surface area contributed by atoms with Gasteiger partial charge in [0.1, 0.15) is 12.3 Å². The molecule has 9 heteroatoms. The highest BCUT2D eigenvalue weighted by atomic mass is 127. The second-order valence-electron chi connectivity index (χ2n) is 6.40. The molecule has 1 amide bonds. The number of guanidine groups is 1. The number of hydrogen-bond acceptors (Lipinski definition) is 4. The molecular formula is C20H25ClIN5O2. The Kier molecular flexibility index (Phi) is 8.84. The SMILES string of the molecule is COc1ccc(NC(N)=NCC(=O)N2CCN(c3ccc(Cl)cc3)CC2)cc1.I. The van der Waals surface area contributed by atoms with Gasteiger partial charge in [0.15, 0.2) is 5.96 Å². The van der Waals surface area contributed by atoms with Crippen molar-refractivity contribution in [3.05, 3.63) is 53.6 Å². The van der Waals surface area contributed by atoms with E-state index in [9.17, 15) is 4.79 Å². The third-order valence-electron chi connectivity index (χ3n) is 4.57. The fourth-order valence-electron chi connectivity index (χ4n) is 2.98. The lowest BCUT2D eigenvalue weighted by Gasteiger charge is -2.36. The fourth-order valence-corrected chi connectivity index (χ4v) is 3.11. The number of halogens is 2. The Morgan fingerprint density at radius 1 is 1.10 bits per heavy atom. The number of carbonyl (C=O) groups is 1. The minimum atomic E-state index is -0.0322. The Morgan fingerprint density at radius 2 is 1.72 bits per heavy atom. The van der Waals surface area contributed by atoms with Crippen LogP contribution in [0.3, 0.4) is 0 Å². The predicted molar refractivity (Wildman–Crippen MR) is 129 cm³/mol. The van der Waals surface area contributed by atoms with Crippen molar-refractivity contribution in [3.63, 3.8) is 0 Å². The third kappa shape index (κ3) is 6.67. The molecule has 7 nitrogen and oxygen atoms in total. The molecule has 156 valence electrons. The summed E-state index contributed by atoms with van der Waals surface area (Å²) in [6, 6.07) is 15.1. The normalized spacial score (nSPS) is 14.2. The number of nitrogens with two attached hydrogens (primary N) is 1. The third-order valence-corrected chi connectivity index (χ3v) is 4.82. The van der Waals surface area contributed by atoms with Crippen LogP contribution in [0.4, 0.5) is 11.4 Å². The Morgan fingerprint density at radius 3 is 2.31 bits per heavy atom. The molecule has 0 saturated carbocycles.